The highest BCUT2D eigenvalue weighted by molar-refractivity contribution is 6.07. The number of carbonyl (C=O) groups excluding carboxylic acids is 1. The predicted octanol–water partition coefficient (Wildman–Crippen LogP) is 2.81. The van der Waals surface area contributed by atoms with E-state index >= 15 is 0 Å². The molecular formula is C20H24N4O3. The Balaban J connectivity index is 1.96. The molecule has 2 aromatic rings. The molecule has 4 rings (SSSR count). The molecule has 1 aliphatic heterocycles. The molecule has 0 amide bonds. The van der Waals surface area contributed by atoms with Gasteiger partial charge in [0.2, 0.25) is 0 Å². The first-order valence-electron chi connectivity index (χ1n) is 9.33. The first-order chi connectivity index (χ1) is 13.0. The summed E-state index contributed by atoms with van der Waals surface area (Å²) in [6, 6.07) is 2.61. The third-order valence-corrected chi connectivity index (χ3v) is 5.72. The molecule has 1 atom stereocenters. The summed E-state index contributed by atoms with van der Waals surface area (Å²) in [5, 5.41) is 9.73. The number of hydrogen-bond donors (Lipinski definition) is 0. The van der Waals surface area contributed by atoms with Crippen molar-refractivity contribution in [1.82, 2.24) is 9.88 Å². The molecule has 7 nitrogen and oxygen atoms in total. The van der Waals surface area contributed by atoms with Crippen LogP contribution in [0.15, 0.2) is 4.42 Å². The fourth-order valence-electron chi connectivity index (χ4n) is 3.92. The molecule has 2 heterocycles. The number of hydrogen-bond acceptors (Lipinski definition) is 7. The van der Waals surface area contributed by atoms with Crippen LogP contribution in [-0.2, 0) is 4.74 Å². The standard InChI is InChI=1S/C20H24N4O3/c1-11-14(9-21)16-18(27-19(22-16)12-5-6-12)17(15(11)20(25)26-4)24-8-7-13(10-24)23(2)3/h12-13H,5-8,10H2,1-4H3/t13-/m0/s1. The van der Waals surface area contributed by atoms with Gasteiger partial charge in [-0.25, -0.2) is 9.78 Å². The van der Waals surface area contributed by atoms with E-state index in [2.05, 4.69) is 34.9 Å². The van der Waals surface area contributed by atoms with Crippen LogP contribution >= 0.6 is 0 Å². The van der Waals surface area contributed by atoms with Gasteiger partial charge in [0, 0.05) is 25.0 Å². The highest BCUT2D eigenvalue weighted by Gasteiger charge is 2.36. The number of fused-ring (bicyclic) bond motifs is 1. The Morgan fingerprint density at radius 1 is 1.37 bits per heavy atom. The molecule has 1 aromatic heterocycles. The molecule has 0 unspecified atom stereocenters. The third-order valence-electron chi connectivity index (χ3n) is 5.72. The minimum absolute atomic E-state index is 0.326. The monoisotopic (exact) mass is 368 g/mol. The average molecular weight is 368 g/mol. The first-order valence-corrected chi connectivity index (χ1v) is 9.33. The van der Waals surface area contributed by atoms with Crippen LogP contribution in [0.5, 0.6) is 0 Å². The van der Waals surface area contributed by atoms with Crippen LogP contribution in [-0.4, -0.2) is 56.2 Å². The van der Waals surface area contributed by atoms with E-state index in [-0.39, 0.29) is 0 Å². The largest absolute Gasteiger partial charge is 0.465 e. The van der Waals surface area contributed by atoms with Gasteiger partial charge < -0.3 is 19.0 Å². The van der Waals surface area contributed by atoms with Gasteiger partial charge in [-0.3, -0.25) is 0 Å². The average Bonchev–Trinajstić information content (AvgIpc) is 3.22. The van der Waals surface area contributed by atoms with Crippen molar-refractivity contribution >= 4 is 22.8 Å². The van der Waals surface area contributed by atoms with Crippen molar-refractivity contribution in [2.45, 2.75) is 38.1 Å². The fourth-order valence-corrected chi connectivity index (χ4v) is 3.92. The van der Waals surface area contributed by atoms with Gasteiger partial charge >= 0.3 is 5.97 Å². The van der Waals surface area contributed by atoms with Crippen molar-refractivity contribution in [2.24, 2.45) is 0 Å². The molecule has 0 N–H and O–H groups in total. The number of anilines is 1. The molecular weight excluding hydrogens is 344 g/mol. The van der Waals surface area contributed by atoms with Gasteiger partial charge in [-0.05, 0) is 45.8 Å². The Hall–Kier alpha value is -2.59. The maximum absolute atomic E-state index is 12.7. The Morgan fingerprint density at radius 3 is 2.67 bits per heavy atom. The Bertz CT molecular complexity index is 953. The molecule has 1 aromatic carbocycles. The minimum atomic E-state index is -0.446. The molecule has 142 valence electrons. The Kier molecular flexibility index (Phi) is 4.31. The van der Waals surface area contributed by atoms with E-state index in [1.807, 2.05) is 0 Å². The normalized spacial score (nSPS) is 19.7. The smallest absolute Gasteiger partial charge is 0.340 e. The lowest BCUT2D eigenvalue weighted by atomic mass is 9.98. The highest BCUT2D eigenvalue weighted by Crippen LogP contribution is 2.44. The van der Waals surface area contributed by atoms with Gasteiger partial charge in [0.05, 0.1) is 23.9 Å². The lowest BCUT2D eigenvalue weighted by molar-refractivity contribution is 0.0600. The van der Waals surface area contributed by atoms with Crippen LogP contribution < -0.4 is 4.90 Å². The molecule has 1 saturated heterocycles. The first kappa shape index (κ1) is 17.8. The van der Waals surface area contributed by atoms with Crippen LogP contribution in [0.25, 0.3) is 11.1 Å². The maximum Gasteiger partial charge on any atom is 0.340 e. The number of likely N-dealkylation sites (N-methyl/N-ethyl adjacent to an activating group) is 1. The van der Waals surface area contributed by atoms with Crippen molar-refractivity contribution in [3.8, 4) is 6.07 Å². The highest BCUT2D eigenvalue weighted by atomic mass is 16.5. The SMILES string of the molecule is COC(=O)c1c(C)c(C#N)c2nc(C3CC3)oc2c1N1CC[C@H](N(C)C)C1. The minimum Gasteiger partial charge on any atom is -0.465 e. The van der Waals surface area contributed by atoms with Crippen LogP contribution in [0.3, 0.4) is 0 Å². The predicted molar refractivity (Wildman–Crippen MR) is 101 cm³/mol. The number of rotatable bonds is 4. The molecule has 1 aliphatic carbocycles. The number of methoxy groups -OCH3 is 1. The number of nitriles is 1. The van der Waals surface area contributed by atoms with Crippen LogP contribution in [0.4, 0.5) is 5.69 Å². The molecule has 0 spiro atoms. The van der Waals surface area contributed by atoms with Crippen molar-refractivity contribution in [3.63, 3.8) is 0 Å². The topological polar surface area (TPSA) is 82.6 Å². The molecule has 7 heteroatoms. The number of nitrogens with zero attached hydrogens (tertiary/aromatic N) is 4. The van der Waals surface area contributed by atoms with Crippen molar-refractivity contribution < 1.29 is 13.9 Å². The Morgan fingerprint density at radius 2 is 2.11 bits per heavy atom. The summed E-state index contributed by atoms with van der Waals surface area (Å²) < 4.78 is 11.2. The van der Waals surface area contributed by atoms with Gasteiger partial charge in [-0.15, -0.1) is 0 Å². The molecule has 1 saturated carbocycles. The number of benzene rings is 1. The van der Waals surface area contributed by atoms with E-state index in [0.29, 0.717) is 45.6 Å². The summed E-state index contributed by atoms with van der Waals surface area (Å²) in [7, 11) is 5.49. The molecule has 0 radical (unpaired) electrons. The molecule has 2 aliphatic rings. The Labute approximate surface area is 158 Å². The van der Waals surface area contributed by atoms with Crippen molar-refractivity contribution in [2.75, 3.05) is 39.2 Å². The van der Waals surface area contributed by atoms with Gasteiger partial charge in [0.15, 0.2) is 11.5 Å². The molecule has 0 bridgehead atoms. The summed E-state index contributed by atoms with van der Waals surface area (Å²) in [6.45, 7) is 3.39. The van der Waals surface area contributed by atoms with E-state index < -0.39 is 5.97 Å². The zero-order valence-electron chi connectivity index (χ0n) is 16.2. The second kappa shape index (κ2) is 6.54. The van der Waals surface area contributed by atoms with Crippen molar-refractivity contribution in [3.05, 3.63) is 22.6 Å². The summed E-state index contributed by atoms with van der Waals surface area (Å²) in [5.74, 6) is 0.554. The summed E-state index contributed by atoms with van der Waals surface area (Å²) >= 11 is 0. The zero-order chi connectivity index (χ0) is 19.3. The molecule has 27 heavy (non-hydrogen) atoms. The number of ether oxygens (including phenoxy) is 1. The third kappa shape index (κ3) is 2.85. The number of oxazole rings is 1. The maximum atomic E-state index is 12.7. The molecule has 2 fully saturated rings. The lowest BCUT2D eigenvalue weighted by Gasteiger charge is -2.24. The second-order valence-electron chi connectivity index (χ2n) is 7.68. The van der Waals surface area contributed by atoms with E-state index in [4.69, 9.17) is 9.15 Å². The summed E-state index contributed by atoms with van der Waals surface area (Å²) in [6.07, 6.45) is 3.11. The van der Waals surface area contributed by atoms with E-state index in [9.17, 15) is 10.1 Å². The number of esters is 1. The second-order valence-corrected chi connectivity index (χ2v) is 7.68. The zero-order valence-corrected chi connectivity index (χ0v) is 16.2. The van der Waals surface area contributed by atoms with Crippen LogP contribution in [0.2, 0.25) is 0 Å². The quantitative estimate of drug-likeness (QED) is 0.767. The lowest BCUT2D eigenvalue weighted by Crippen LogP contribution is -2.32. The van der Waals surface area contributed by atoms with E-state index in [1.54, 1.807) is 6.92 Å². The fraction of sp³-hybridized carbons (Fsp3) is 0.550. The number of aromatic nitrogens is 1. The van der Waals surface area contributed by atoms with Gasteiger partial charge in [-0.2, -0.15) is 5.26 Å². The van der Waals surface area contributed by atoms with Gasteiger partial charge in [0.25, 0.3) is 0 Å². The van der Waals surface area contributed by atoms with Crippen molar-refractivity contribution in [1.29, 1.82) is 5.26 Å². The summed E-state index contributed by atoms with van der Waals surface area (Å²) in [4.78, 5) is 21.7. The van der Waals surface area contributed by atoms with Crippen LogP contribution in [0, 0.1) is 18.3 Å². The van der Waals surface area contributed by atoms with Crippen LogP contribution in [0.1, 0.15) is 52.6 Å². The van der Waals surface area contributed by atoms with Gasteiger partial charge in [-0.1, -0.05) is 0 Å². The van der Waals surface area contributed by atoms with Gasteiger partial charge in [0.1, 0.15) is 11.6 Å². The number of carbonyl (C=O) groups is 1. The van der Waals surface area contributed by atoms with E-state index in [0.717, 1.165) is 38.0 Å². The summed E-state index contributed by atoms with van der Waals surface area (Å²) in [5.41, 5.74) is 3.24. The van der Waals surface area contributed by atoms with E-state index in [1.165, 1.54) is 7.11 Å².